The minimum Gasteiger partial charge on any atom is -0.393 e. The molecule has 7 heteroatoms. The molecule has 2 heterocycles. The summed E-state index contributed by atoms with van der Waals surface area (Å²) in [5, 5.41) is 16.3. The van der Waals surface area contributed by atoms with Crippen LogP contribution in [0.1, 0.15) is 16.1 Å². The second-order valence-corrected chi connectivity index (χ2v) is 5.69. The molecule has 0 spiro atoms. The molecule has 6 nitrogen and oxygen atoms in total. The number of H-pyrrole nitrogens is 1. The van der Waals surface area contributed by atoms with Gasteiger partial charge in [0.15, 0.2) is 0 Å². The maximum Gasteiger partial charge on any atom is 0.272 e. The number of rotatable bonds is 4. The lowest BCUT2D eigenvalue weighted by molar-refractivity contribution is -0.123. The third kappa shape index (κ3) is 3.40. The van der Waals surface area contributed by atoms with Crippen molar-refractivity contribution in [1.29, 1.82) is 0 Å². The normalized spacial score (nSPS) is 21.4. The molecule has 1 atom stereocenters. The number of aliphatic hydroxyl groups excluding tert-OH is 1. The van der Waals surface area contributed by atoms with Crippen molar-refractivity contribution in [2.45, 2.75) is 12.0 Å². The van der Waals surface area contributed by atoms with E-state index >= 15 is 0 Å². The highest BCUT2D eigenvalue weighted by Crippen LogP contribution is 2.24. The number of morpholine rings is 1. The molecule has 0 radical (unpaired) electrons. The predicted molar refractivity (Wildman–Crippen MR) is 80.4 cm³/mol. The third-order valence-corrected chi connectivity index (χ3v) is 3.99. The molecule has 1 aromatic heterocycles. The summed E-state index contributed by atoms with van der Waals surface area (Å²) in [5.41, 5.74) is 0.364. The van der Waals surface area contributed by atoms with Crippen molar-refractivity contribution in [2.75, 3.05) is 26.3 Å². The molecule has 1 aliphatic heterocycles. The van der Waals surface area contributed by atoms with Gasteiger partial charge in [0.2, 0.25) is 0 Å². The zero-order chi connectivity index (χ0) is 16.3. The van der Waals surface area contributed by atoms with Crippen LogP contribution in [0.3, 0.4) is 0 Å². The highest BCUT2D eigenvalue weighted by atomic mass is 19.1. The molecule has 0 unspecified atom stereocenters. The fourth-order valence-electron chi connectivity index (χ4n) is 2.80. The van der Waals surface area contributed by atoms with Gasteiger partial charge < -0.3 is 14.7 Å². The van der Waals surface area contributed by atoms with Crippen LogP contribution in [0.2, 0.25) is 0 Å². The first-order chi connectivity index (χ1) is 11.1. The maximum atomic E-state index is 13.0. The molecule has 0 aliphatic carbocycles. The lowest BCUT2D eigenvalue weighted by Gasteiger charge is -2.41. The van der Waals surface area contributed by atoms with E-state index in [0.717, 1.165) is 5.56 Å². The van der Waals surface area contributed by atoms with Crippen LogP contribution in [0.15, 0.2) is 36.5 Å². The Morgan fingerprint density at radius 1 is 1.39 bits per heavy atom. The number of ether oxygens (including phenoxy) is 1. The predicted octanol–water partition coefficient (Wildman–Crippen LogP) is 0.995. The number of aromatic amines is 1. The molecule has 2 N–H and O–H groups in total. The van der Waals surface area contributed by atoms with E-state index in [4.69, 9.17) is 4.74 Å². The lowest BCUT2D eigenvalue weighted by atomic mass is 9.93. The topological polar surface area (TPSA) is 78.5 Å². The molecule has 1 fully saturated rings. The fourth-order valence-corrected chi connectivity index (χ4v) is 2.80. The fraction of sp³-hybridized carbons (Fsp3) is 0.375. The number of aliphatic hydroxyl groups is 1. The summed E-state index contributed by atoms with van der Waals surface area (Å²) in [5.74, 6) is -0.491. The first-order valence-electron chi connectivity index (χ1n) is 7.40. The monoisotopic (exact) mass is 319 g/mol. The van der Waals surface area contributed by atoms with Crippen LogP contribution in [-0.2, 0) is 11.2 Å². The van der Waals surface area contributed by atoms with Crippen LogP contribution >= 0.6 is 0 Å². The molecule has 1 saturated heterocycles. The van der Waals surface area contributed by atoms with Crippen LogP contribution in [0.25, 0.3) is 0 Å². The van der Waals surface area contributed by atoms with E-state index in [1.54, 1.807) is 23.1 Å². The number of carbonyl (C=O) groups is 1. The summed E-state index contributed by atoms with van der Waals surface area (Å²) >= 11 is 0. The minimum absolute atomic E-state index is 0.178. The molecule has 1 amide bonds. The van der Waals surface area contributed by atoms with Gasteiger partial charge in [-0.05, 0) is 23.8 Å². The van der Waals surface area contributed by atoms with Gasteiger partial charge in [0.25, 0.3) is 5.91 Å². The first-order valence-corrected chi connectivity index (χ1v) is 7.40. The van der Waals surface area contributed by atoms with Crippen molar-refractivity contribution < 1.29 is 19.0 Å². The summed E-state index contributed by atoms with van der Waals surface area (Å²) < 4.78 is 18.8. The lowest BCUT2D eigenvalue weighted by Crippen LogP contribution is -2.56. The van der Waals surface area contributed by atoms with Gasteiger partial charge >= 0.3 is 0 Å². The van der Waals surface area contributed by atoms with Crippen LogP contribution in [0.5, 0.6) is 0 Å². The molecular weight excluding hydrogens is 301 g/mol. The molecule has 3 rings (SSSR count). The zero-order valence-corrected chi connectivity index (χ0v) is 12.5. The van der Waals surface area contributed by atoms with Gasteiger partial charge in [-0.25, -0.2) is 4.39 Å². The molecule has 23 heavy (non-hydrogen) atoms. The molecule has 2 aromatic rings. The van der Waals surface area contributed by atoms with Crippen LogP contribution < -0.4 is 0 Å². The number of aromatic nitrogens is 2. The number of carbonyl (C=O) groups excluding carboxylic acids is 1. The Morgan fingerprint density at radius 2 is 2.17 bits per heavy atom. The molecule has 0 bridgehead atoms. The van der Waals surface area contributed by atoms with Crippen LogP contribution in [0, 0.1) is 5.82 Å². The number of nitrogens with one attached hydrogen (secondary N) is 1. The zero-order valence-electron chi connectivity index (χ0n) is 12.5. The second kappa shape index (κ2) is 6.47. The Hall–Kier alpha value is -2.25. The quantitative estimate of drug-likeness (QED) is 0.881. The van der Waals surface area contributed by atoms with E-state index in [0.29, 0.717) is 25.3 Å². The first kappa shape index (κ1) is 15.6. The number of amides is 1. The standard InChI is InChI=1S/C16H18FN3O3/c17-13-3-1-12(2-4-13)9-16(11-21)10-20(7-8-23-16)15(22)14-5-6-18-19-14/h1-6,21H,7-11H2,(H,18,19)/t16-/m1/s1. The summed E-state index contributed by atoms with van der Waals surface area (Å²) in [7, 11) is 0. The second-order valence-electron chi connectivity index (χ2n) is 5.69. The average molecular weight is 319 g/mol. The van der Waals surface area contributed by atoms with Gasteiger partial charge in [-0.1, -0.05) is 12.1 Å². The van der Waals surface area contributed by atoms with Crippen molar-refractivity contribution in [2.24, 2.45) is 0 Å². The number of benzene rings is 1. The van der Waals surface area contributed by atoms with Crippen LogP contribution in [0.4, 0.5) is 4.39 Å². The van der Waals surface area contributed by atoms with E-state index < -0.39 is 5.60 Å². The van der Waals surface area contributed by atoms with Crippen molar-refractivity contribution in [1.82, 2.24) is 15.1 Å². The van der Waals surface area contributed by atoms with Crippen LogP contribution in [-0.4, -0.2) is 58.0 Å². The van der Waals surface area contributed by atoms with Gasteiger partial charge in [0, 0.05) is 19.2 Å². The van der Waals surface area contributed by atoms with E-state index in [1.165, 1.54) is 18.3 Å². The maximum absolute atomic E-state index is 13.0. The minimum atomic E-state index is -0.883. The highest BCUT2D eigenvalue weighted by Gasteiger charge is 2.38. The Kier molecular flexibility index (Phi) is 4.40. The van der Waals surface area contributed by atoms with E-state index in [9.17, 15) is 14.3 Å². The number of hydrogen-bond acceptors (Lipinski definition) is 4. The Bertz CT molecular complexity index is 660. The SMILES string of the molecule is O=C(c1ccn[nH]1)N1CCO[C@](CO)(Cc2ccc(F)cc2)C1. The van der Waals surface area contributed by atoms with Gasteiger partial charge in [-0.15, -0.1) is 0 Å². The van der Waals surface area contributed by atoms with Gasteiger partial charge in [-0.3, -0.25) is 9.89 Å². The molecule has 1 aliphatic rings. The Labute approximate surface area is 132 Å². The summed E-state index contributed by atoms with van der Waals surface area (Å²) in [6.07, 6.45) is 1.92. The smallest absolute Gasteiger partial charge is 0.272 e. The van der Waals surface area contributed by atoms with Gasteiger partial charge in [-0.2, -0.15) is 5.10 Å². The van der Waals surface area contributed by atoms with E-state index in [2.05, 4.69) is 10.2 Å². The number of nitrogens with zero attached hydrogens (tertiary/aromatic N) is 2. The van der Waals surface area contributed by atoms with E-state index in [-0.39, 0.29) is 24.9 Å². The summed E-state index contributed by atoms with van der Waals surface area (Å²) in [6.45, 7) is 0.820. The molecule has 0 saturated carbocycles. The van der Waals surface area contributed by atoms with Crippen molar-refractivity contribution in [3.8, 4) is 0 Å². The number of hydrogen-bond donors (Lipinski definition) is 2. The number of halogens is 1. The summed E-state index contributed by atoms with van der Waals surface area (Å²) in [4.78, 5) is 14.1. The molecule has 122 valence electrons. The third-order valence-electron chi connectivity index (χ3n) is 3.99. The van der Waals surface area contributed by atoms with E-state index in [1.807, 2.05) is 0 Å². The van der Waals surface area contributed by atoms with Crippen molar-refractivity contribution >= 4 is 5.91 Å². The molecule has 1 aromatic carbocycles. The Morgan fingerprint density at radius 3 is 2.83 bits per heavy atom. The average Bonchev–Trinajstić information content (AvgIpc) is 3.11. The highest BCUT2D eigenvalue weighted by molar-refractivity contribution is 5.92. The van der Waals surface area contributed by atoms with Gasteiger partial charge in [0.05, 0.1) is 19.8 Å². The molecular formula is C16H18FN3O3. The summed E-state index contributed by atoms with van der Waals surface area (Å²) in [6, 6.07) is 7.67. The van der Waals surface area contributed by atoms with Crippen molar-refractivity contribution in [3.05, 3.63) is 53.6 Å². The largest absolute Gasteiger partial charge is 0.393 e. The van der Waals surface area contributed by atoms with Crippen molar-refractivity contribution in [3.63, 3.8) is 0 Å². The van der Waals surface area contributed by atoms with Gasteiger partial charge in [0.1, 0.15) is 17.1 Å². The Balaban J connectivity index is 1.76.